The molecule has 0 aliphatic carbocycles. The van der Waals surface area contributed by atoms with E-state index in [1.165, 1.54) is 4.57 Å². The predicted octanol–water partition coefficient (Wildman–Crippen LogP) is 7.10. The van der Waals surface area contributed by atoms with E-state index < -0.39 is 57.4 Å². The van der Waals surface area contributed by atoms with E-state index in [4.69, 9.17) is 35.0 Å². The molecule has 0 aromatic carbocycles. The highest BCUT2D eigenvalue weighted by Gasteiger charge is 2.52. The molecule has 226 valence electrons. The van der Waals surface area contributed by atoms with Gasteiger partial charge in [0.15, 0.2) is 14.4 Å². The predicted molar refractivity (Wildman–Crippen MR) is 150 cm³/mol. The first kappa shape index (κ1) is 31.7. The van der Waals surface area contributed by atoms with Crippen LogP contribution >= 0.6 is 11.6 Å². The lowest BCUT2D eigenvalue weighted by molar-refractivity contribution is -0.137. The van der Waals surface area contributed by atoms with Crippen molar-refractivity contribution in [3.05, 3.63) is 22.6 Å². The monoisotopic (exact) mass is 626 g/mol. The molecule has 2 fully saturated rings. The van der Waals surface area contributed by atoms with Crippen molar-refractivity contribution >= 4 is 39.0 Å². The summed E-state index contributed by atoms with van der Waals surface area (Å²) in [6.45, 7) is 17.8. The van der Waals surface area contributed by atoms with E-state index in [1.54, 1.807) is 0 Å². The SMILES string of the molecule is CC(C)(C)[Si](C)(C)OC1CO[C@H]2[C@@H]1OC[C@H]2Oc1c(F)c2nc(Cl)c(C(F)(F)F)cc2n1COCC[Si](C)(C)C. The van der Waals surface area contributed by atoms with Crippen LogP contribution in [0.4, 0.5) is 17.6 Å². The van der Waals surface area contributed by atoms with E-state index >= 15 is 4.39 Å². The Labute approximate surface area is 239 Å². The first-order chi connectivity index (χ1) is 18.3. The zero-order valence-corrected chi connectivity index (χ0v) is 27.0. The second-order valence-electron chi connectivity index (χ2n) is 13.3. The van der Waals surface area contributed by atoms with Crippen molar-refractivity contribution in [1.82, 2.24) is 9.55 Å². The molecule has 2 aliphatic heterocycles. The third-order valence-corrected chi connectivity index (χ3v) is 14.4. The van der Waals surface area contributed by atoms with E-state index in [1.807, 2.05) is 0 Å². The number of fused-ring (bicyclic) bond motifs is 2. The van der Waals surface area contributed by atoms with Crippen molar-refractivity contribution in [2.24, 2.45) is 0 Å². The summed E-state index contributed by atoms with van der Waals surface area (Å²) in [5.74, 6) is -1.22. The van der Waals surface area contributed by atoms with Crippen molar-refractivity contribution < 1.29 is 40.9 Å². The molecule has 0 radical (unpaired) electrons. The third kappa shape index (κ3) is 6.55. The van der Waals surface area contributed by atoms with Crippen LogP contribution in [-0.2, 0) is 31.5 Å². The molecule has 2 aromatic rings. The van der Waals surface area contributed by atoms with Crippen LogP contribution in [0.15, 0.2) is 6.07 Å². The van der Waals surface area contributed by atoms with Crippen LogP contribution in [0.1, 0.15) is 26.3 Å². The Morgan fingerprint density at radius 3 is 2.23 bits per heavy atom. The Bertz CT molecular complexity index is 1230. The summed E-state index contributed by atoms with van der Waals surface area (Å²) in [7, 11) is -3.55. The van der Waals surface area contributed by atoms with Gasteiger partial charge in [0, 0.05) is 14.7 Å². The number of alkyl halides is 3. The number of halogens is 5. The van der Waals surface area contributed by atoms with Gasteiger partial charge in [-0.15, -0.1) is 0 Å². The minimum atomic E-state index is -4.77. The lowest BCUT2D eigenvalue weighted by atomic mass is 10.1. The average Bonchev–Trinajstić information content (AvgIpc) is 3.44. The van der Waals surface area contributed by atoms with Crippen molar-refractivity contribution in [3.63, 3.8) is 0 Å². The molecule has 0 amide bonds. The first-order valence-corrected chi connectivity index (χ1v) is 20.4. The van der Waals surface area contributed by atoms with Crippen LogP contribution in [0.2, 0.25) is 49.0 Å². The van der Waals surface area contributed by atoms with Crippen LogP contribution in [0.25, 0.3) is 11.0 Å². The zero-order chi connectivity index (χ0) is 29.8. The summed E-state index contributed by atoms with van der Waals surface area (Å²) in [6.07, 6.45) is -6.72. The smallest absolute Gasteiger partial charge is 0.419 e. The van der Waals surface area contributed by atoms with Gasteiger partial charge in [-0.3, -0.25) is 4.57 Å². The van der Waals surface area contributed by atoms with Crippen molar-refractivity contribution in [2.45, 2.75) is 102 Å². The summed E-state index contributed by atoms with van der Waals surface area (Å²) in [5, 5.41) is -0.848. The molecule has 1 unspecified atom stereocenters. The van der Waals surface area contributed by atoms with E-state index in [9.17, 15) is 13.2 Å². The van der Waals surface area contributed by atoms with Gasteiger partial charge in [-0.05, 0) is 30.2 Å². The largest absolute Gasteiger partial charge is 0.468 e. The Kier molecular flexibility index (Phi) is 8.81. The standard InChI is InChI=1S/C26H39ClF4N2O5Si2/c1-25(2,3)40(7,8)38-18-13-36-21-17(12-35-22(18)21)37-24-19(28)20-16(11-15(23(27)32-20)26(29,30)31)33(24)14-34-9-10-39(4,5)6/h11,17-18,21-22H,9-10,12-14H2,1-8H3/t17-,18?,21-,22-/m1/s1. The molecule has 4 atom stereocenters. The quantitative estimate of drug-likeness (QED) is 0.128. The van der Waals surface area contributed by atoms with E-state index in [0.29, 0.717) is 13.2 Å². The molecule has 0 bridgehead atoms. The topological polar surface area (TPSA) is 64.0 Å². The van der Waals surface area contributed by atoms with Crippen LogP contribution in [0.5, 0.6) is 5.88 Å². The molecular formula is C26H39ClF4N2O5Si2. The van der Waals surface area contributed by atoms with Gasteiger partial charge < -0.3 is 23.4 Å². The lowest BCUT2D eigenvalue weighted by Crippen LogP contribution is -2.47. The summed E-state index contributed by atoms with van der Waals surface area (Å²) >= 11 is 5.82. The van der Waals surface area contributed by atoms with Crippen LogP contribution in [-0.4, -0.2) is 70.2 Å². The Hall–Kier alpha value is -1.23. The molecule has 4 rings (SSSR count). The zero-order valence-electron chi connectivity index (χ0n) is 24.2. The maximum atomic E-state index is 15.7. The van der Waals surface area contributed by atoms with Gasteiger partial charge in [0.2, 0.25) is 11.7 Å². The van der Waals surface area contributed by atoms with Gasteiger partial charge in [0.05, 0.1) is 30.4 Å². The molecule has 40 heavy (non-hydrogen) atoms. The number of nitrogens with zero attached hydrogens (tertiary/aromatic N) is 2. The van der Waals surface area contributed by atoms with Gasteiger partial charge in [0.1, 0.15) is 29.6 Å². The minimum Gasteiger partial charge on any atom is -0.468 e. The van der Waals surface area contributed by atoms with Crippen LogP contribution < -0.4 is 4.74 Å². The summed E-state index contributed by atoms with van der Waals surface area (Å²) in [4.78, 5) is 3.75. The molecule has 2 aliphatic rings. The number of hydrogen-bond donors (Lipinski definition) is 0. The highest BCUT2D eigenvalue weighted by atomic mass is 35.5. The van der Waals surface area contributed by atoms with Crippen molar-refractivity contribution in [2.75, 3.05) is 19.8 Å². The lowest BCUT2D eigenvalue weighted by Gasteiger charge is -2.39. The van der Waals surface area contributed by atoms with E-state index in [0.717, 1.165) is 12.1 Å². The highest BCUT2D eigenvalue weighted by Crippen LogP contribution is 2.42. The Morgan fingerprint density at radius 2 is 1.65 bits per heavy atom. The van der Waals surface area contributed by atoms with Gasteiger partial charge in [-0.25, -0.2) is 4.98 Å². The number of rotatable bonds is 9. The molecule has 7 nitrogen and oxygen atoms in total. The molecule has 14 heteroatoms. The molecule has 0 spiro atoms. The Morgan fingerprint density at radius 1 is 1.05 bits per heavy atom. The number of hydrogen-bond acceptors (Lipinski definition) is 6. The second kappa shape index (κ2) is 11.1. The van der Waals surface area contributed by atoms with Crippen LogP contribution in [0.3, 0.4) is 0 Å². The molecule has 0 N–H and O–H groups in total. The van der Waals surface area contributed by atoms with E-state index in [2.05, 4.69) is 58.5 Å². The molecule has 0 saturated carbocycles. The molecular weight excluding hydrogens is 588 g/mol. The average molecular weight is 627 g/mol. The van der Waals surface area contributed by atoms with Gasteiger partial charge in [0.25, 0.3) is 0 Å². The third-order valence-electron chi connectivity index (χ3n) is 7.89. The number of pyridine rings is 1. The van der Waals surface area contributed by atoms with E-state index in [-0.39, 0.29) is 41.4 Å². The summed E-state index contributed by atoms with van der Waals surface area (Å²) in [5.41, 5.74) is -1.62. The number of aromatic nitrogens is 2. The first-order valence-electron chi connectivity index (χ1n) is 13.4. The fraction of sp³-hybridized carbons (Fsp3) is 0.731. The van der Waals surface area contributed by atoms with Crippen molar-refractivity contribution in [1.29, 1.82) is 0 Å². The van der Waals surface area contributed by atoms with Crippen molar-refractivity contribution in [3.8, 4) is 5.88 Å². The summed E-state index contributed by atoms with van der Waals surface area (Å²) in [6, 6.07) is 1.61. The second-order valence-corrected chi connectivity index (χ2v) is 24.0. The minimum absolute atomic E-state index is 0.0112. The fourth-order valence-electron chi connectivity index (χ4n) is 4.48. The fourth-order valence-corrected chi connectivity index (χ4v) is 6.80. The Balaban J connectivity index is 1.62. The maximum Gasteiger partial charge on any atom is 0.419 e. The normalized spacial score (nSPS) is 24.2. The van der Waals surface area contributed by atoms with Crippen LogP contribution in [0, 0.1) is 5.82 Å². The van der Waals surface area contributed by atoms with Gasteiger partial charge in [-0.1, -0.05) is 52.0 Å². The number of ether oxygens (including phenoxy) is 4. The molecule has 2 saturated heterocycles. The maximum absolute atomic E-state index is 15.7. The molecule has 2 aromatic heterocycles. The summed E-state index contributed by atoms with van der Waals surface area (Å²) < 4.78 is 88.3. The van der Waals surface area contributed by atoms with Gasteiger partial charge >= 0.3 is 6.18 Å². The van der Waals surface area contributed by atoms with Gasteiger partial charge in [-0.2, -0.15) is 17.6 Å². The molecule has 4 heterocycles. The highest BCUT2D eigenvalue weighted by molar-refractivity contribution is 6.76.